The van der Waals surface area contributed by atoms with Gasteiger partial charge < -0.3 is 20.3 Å². The third kappa shape index (κ3) is 3.20. The van der Waals surface area contributed by atoms with Crippen molar-refractivity contribution in [2.24, 2.45) is 0 Å². The SMILES string of the molecule is CC1(C)OC=C(CC(O)c2c(Cl)nc(N)nc2Cl)O1. The van der Waals surface area contributed by atoms with Gasteiger partial charge in [0.15, 0.2) is 0 Å². The van der Waals surface area contributed by atoms with Crippen LogP contribution in [0.4, 0.5) is 5.95 Å². The zero-order valence-electron chi connectivity index (χ0n) is 10.4. The van der Waals surface area contributed by atoms with Crippen LogP contribution in [0.2, 0.25) is 10.3 Å². The Bertz CT molecular complexity index is 511. The molecule has 1 atom stereocenters. The van der Waals surface area contributed by atoms with Crippen molar-refractivity contribution in [1.29, 1.82) is 0 Å². The largest absolute Gasteiger partial charge is 0.457 e. The highest BCUT2D eigenvalue weighted by molar-refractivity contribution is 6.34. The number of nitrogens with two attached hydrogens (primary N) is 1. The third-order valence-electron chi connectivity index (χ3n) is 2.45. The fourth-order valence-corrected chi connectivity index (χ4v) is 2.31. The van der Waals surface area contributed by atoms with Gasteiger partial charge in [-0.15, -0.1) is 0 Å². The number of hydrogen-bond donors (Lipinski definition) is 2. The Morgan fingerprint density at radius 1 is 1.37 bits per heavy atom. The number of aliphatic hydroxyl groups is 1. The van der Waals surface area contributed by atoms with Gasteiger partial charge >= 0.3 is 0 Å². The minimum Gasteiger partial charge on any atom is -0.457 e. The molecule has 0 amide bonds. The standard InChI is InChI=1S/C11H13Cl2N3O3/c1-11(2)18-4-5(19-11)3-6(17)7-8(12)15-10(14)16-9(7)13/h4,6,17H,3H2,1-2H3,(H2,14,15,16). The average molecular weight is 306 g/mol. The zero-order chi connectivity index (χ0) is 14.2. The third-order valence-corrected chi connectivity index (χ3v) is 3.02. The summed E-state index contributed by atoms with van der Waals surface area (Å²) in [5.74, 6) is -0.298. The van der Waals surface area contributed by atoms with Gasteiger partial charge in [-0.25, -0.2) is 9.97 Å². The number of nitrogens with zero attached hydrogens (tertiary/aromatic N) is 2. The van der Waals surface area contributed by atoms with E-state index < -0.39 is 11.9 Å². The lowest BCUT2D eigenvalue weighted by Gasteiger charge is -2.19. The molecule has 2 rings (SSSR count). The number of rotatable bonds is 3. The molecule has 0 aromatic carbocycles. The van der Waals surface area contributed by atoms with Crippen LogP contribution in [0.15, 0.2) is 12.0 Å². The Hall–Kier alpha value is -1.24. The highest BCUT2D eigenvalue weighted by Crippen LogP contribution is 2.35. The van der Waals surface area contributed by atoms with E-state index in [0.717, 1.165) is 0 Å². The van der Waals surface area contributed by atoms with E-state index >= 15 is 0 Å². The molecular formula is C11H13Cl2N3O3. The predicted octanol–water partition coefficient (Wildman–Crippen LogP) is 2.41. The van der Waals surface area contributed by atoms with Gasteiger partial charge in [0.05, 0.1) is 11.7 Å². The second-order valence-electron chi connectivity index (χ2n) is 4.50. The van der Waals surface area contributed by atoms with Gasteiger partial charge in [0.25, 0.3) is 0 Å². The lowest BCUT2D eigenvalue weighted by molar-refractivity contribution is -0.119. The van der Waals surface area contributed by atoms with Crippen LogP contribution in [0.1, 0.15) is 31.9 Å². The molecule has 1 aliphatic rings. The van der Waals surface area contributed by atoms with Crippen molar-refractivity contribution in [2.45, 2.75) is 32.2 Å². The number of aliphatic hydroxyl groups excluding tert-OH is 1. The van der Waals surface area contributed by atoms with E-state index in [1.54, 1.807) is 13.8 Å². The number of anilines is 1. The molecule has 1 aliphatic heterocycles. The molecule has 104 valence electrons. The van der Waals surface area contributed by atoms with E-state index in [0.29, 0.717) is 5.76 Å². The van der Waals surface area contributed by atoms with Gasteiger partial charge in [0, 0.05) is 20.3 Å². The van der Waals surface area contributed by atoms with Crippen LogP contribution in [0, 0.1) is 0 Å². The molecule has 1 aromatic heterocycles. The summed E-state index contributed by atoms with van der Waals surface area (Å²) in [7, 11) is 0. The number of ether oxygens (including phenoxy) is 2. The molecule has 19 heavy (non-hydrogen) atoms. The van der Waals surface area contributed by atoms with Gasteiger partial charge in [-0.05, 0) is 0 Å². The van der Waals surface area contributed by atoms with Crippen LogP contribution in [0.3, 0.4) is 0 Å². The van der Waals surface area contributed by atoms with Crippen molar-refractivity contribution >= 4 is 29.2 Å². The van der Waals surface area contributed by atoms with Crippen LogP contribution in [-0.4, -0.2) is 20.9 Å². The number of nitrogen functional groups attached to an aromatic ring is 1. The van der Waals surface area contributed by atoms with E-state index in [4.69, 9.17) is 38.4 Å². The molecule has 0 aliphatic carbocycles. The topological polar surface area (TPSA) is 90.5 Å². The average Bonchev–Trinajstić information content (AvgIpc) is 2.56. The Labute approximate surface area is 120 Å². The predicted molar refractivity (Wildman–Crippen MR) is 70.4 cm³/mol. The van der Waals surface area contributed by atoms with E-state index in [1.165, 1.54) is 6.26 Å². The lowest BCUT2D eigenvalue weighted by Crippen LogP contribution is -2.20. The van der Waals surface area contributed by atoms with Crippen LogP contribution in [0.5, 0.6) is 0 Å². The Balaban J connectivity index is 2.15. The van der Waals surface area contributed by atoms with Crippen LogP contribution < -0.4 is 5.73 Å². The molecule has 0 bridgehead atoms. The van der Waals surface area contributed by atoms with Gasteiger partial charge in [-0.3, -0.25) is 0 Å². The molecule has 0 saturated carbocycles. The van der Waals surface area contributed by atoms with Crippen LogP contribution in [-0.2, 0) is 9.47 Å². The molecular weight excluding hydrogens is 293 g/mol. The highest BCUT2D eigenvalue weighted by atomic mass is 35.5. The fraction of sp³-hybridized carbons (Fsp3) is 0.455. The lowest BCUT2D eigenvalue weighted by atomic mass is 10.1. The Kier molecular flexibility index (Phi) is 3.75. The van der Waals surface area contributed by atoms with Gasteiger partial charge in [0.1, 0.15) is 22.3 Å². The maximum atomic E-state index is 10.1. The molecule has 2 heterocycles. The number of halogens is 2. The quantitative estimate of drug-likeness (QED) is 0.833. The monoisotopic (exact) mass is 305 g/mol. The van der Waals surface area contributed by atoms with Crippen molar-refractivity contribution in [3.8, 4) is 0 Å². The molecule has 0 fully saturated rings. The molecule has 0 radical (unpaired) electrons. The first kappa shape index (κ1) is 14.2. The molecule has 1 aromatic rings. The molecule has 0 spiro atoms. The maximum Gasteiger partial charge on any atom is 0.244 e. The molecule has 8 heteroatoms. The first-order valence-electron chi connectivity index (χ1n) is 5.51. The van der Waals surface area contributed by atoms with Gasteiger partial charge in [-0.1, -0.05) is 23.2 Å². The second kappa shape index (κ2) is 5.03. The van der Waals surface area contributed by atoms with Crippen LogP contribution >= 0.6 is 23.2 Å². The normalized spacial score (nSPS) is 18.5. The summed E-state index contributed by atoms with van der Waals surface area (Å²) in [5, 5.41) is 10.2. The smallest absolute Gasteiger partial charge is 0.244 e. The second-order valence-corrected chi connectivity index (χ2v) is 5.22. The van der Waals surface area contributed by atoms with E-state index in [2.05, 4.69) is 9.97 Å². The van der Waals surface area contributed by atoms with E-state index in [-0.39, 0.29) is 28.2 Å². The minimum absolute atomic E-state index is 0.0174. The van der Waals surface area contributed by atoms with Crippen molar-refractivity contribution in [3.63, 3.8) is 0 Å². The highest BCUT2D eigenvalue weighted by Gasteiger charge is 2.30. The Morgan fingerprint density at radius 3 is 2.42 bits per heavy atom. The van der Waals surface area contributed by atoms with E-state index in [1.807, 2.05) is 0 Å². The summed E-state index contributed by atoms with van der Waals surface area (Å²) >= 11 is 11.8. The summed E-state index contributed by atoms with van der Waals surface area (Å²) in [4.78, 5) is 7.51. The summed E-state index contributed by atoms with van der Waals surface area (Å²) in [6, 6.07) is 0. The van der Waals surface area contributed by atoms with Gasteiger partial charge in [0.2, 0.25) is 11.7 Å². The number of hydrogen-bond acceptors (Lipinski definition) is 6. The first-order valence-corrected chi connectivity index (χ1v) is 6.26. The van der Waals surface area contributed by atoms with E-state index in [9.17, 15) is 5.11 Å². The van der Waals surface area contributed by atoms with Crippen molar-refractivity contribution < 1.29 is 14.6 Å². The van der Waals surface area contributed by atoms with Gasteiger partial charge in [-0.2, -0.15) is 0 Å². The molecule has 6 nitrogen and oxygen atoms in total. The van der Waals surface area contributed by atoms with Crippen LogP contribution in [0.25, 0.3) is 0 Å². The summed E-state index contributed by atoms with van der Waals surface area (Å²) in [6.45, 7) is 3.52. The summed E-state index contributed by atoms with van der Waals surface area (Å²) < 4.78 is 10.7. The summed E-state index contributed by atoms with van der Waals surface area (Å²) in [6.07, 6.45) is 0.587. The number of aromatic nitrogens is 2. The summed E-state index contributed by atoms with van der Waals surface area (Å²) in [5.41, 5.74) is 5.61. The Morgan fingerprint density at radius 2 is 1.95 bits per heavy atom. The molecule has 1 unspecified atom stereocenters. The first-order chi connectivity index (χ1) is 8.78. The van der Waals surface area contributed by atoms with Crippen molar-refractivity contribution in [3.05, 3.63) is 27.9 Å². The maximum absolute atomic E-state index is 10.1. The minimum atomic E-state index is -1.01. The molecule has 0 saturated heterocycles. The molecule has 3 N–H and O–H groups in total. The fourth-order valence-electron chi connectivity index (χ4n) is 1.66. The van der Waals surface area contributed by atoms with Crippen molar-refractivity contribution in [1.82, 2.24) is 9.97 Å². The van der Waals surface area contributed by atoms with Crippen molar-refractivity contribution in [2.75, 3.05) is 5.73 Å². The zero-order valence-corrected chi connectivity index (χ0v) is 11.9.